The summed E-state index contributed by atoms with van der Waals surface area (Å²) >= 11 is 7.06. The molecule has 0 atom stereocenters. The summed E-state index contributed by atoms with van der Waals surface area (Å²) < 4.78 is 6.10. The number of halogens is 1. The molecule has 2 aromatic carbocycles. The fourth-order valence-electron chi connectivity index (χ4n) is 1.97. The van der Waals surface area contributed by atoms with Crippen LogP contribution in [0.2, 0.25) is 4.47 Å². The Labute approximate surface area is 132 Å². The van der Waals surface area contributed by atoms with Gasteiger partial charge in [-0.05, 0) is 41.3 Å². The van der Waals surface area contributed by atoms with Gasteiger partial charge in [0.25, 0.3) is 0 Å². The SMILES string of the molecule is Clc1nnc(COc2ccc(Cc3ccccc3)cc2)s1. The third kappa shape index (κ3) is 4.03. The van der Waals surface area contributed by atoms with Gasteiger partial charge in [0.2, 0.25) is 4.47 Å². The van der Waals surface area contributed by atoms with E-state index in [9.17, 15) is 0 Å². The molecule has 3 nitrogen and oxygen atoms in total. The second-order valence-corrected chi connectivity index (χ2v) is 6.19. The monoisotopic (exact) mass is 316 g/mol. The Morgan fingerprint density at radius 1 is 0.905 bits per heavy atom. The molecule has 1 heterocycles. The average Bonchev–Trinajstić information content (AvgIpc) is 2.93. The van der Waals surface area contributed by atoms with Crippen molar-refractivity contribution in [3.63, 3.8) is 0 Å². The molecule has 0 aliphatic rings. The van der Waals surface area contributed by atoms with Gasteiger partial charge in [-0.25, -0.2) is 0 Å². The van der Waals surface area contributed by atoms with Crippen LogP contribution in [0.4, 0.5) is 0 Å². The molecule has 0 spiro atoms. The van der Waals surface area contributed by atoms with E-state index < -0.39 is 0 Å². The van der Waals surface area contributed by atoms with Crippen molar-refractivity contribution in [1.82, 2.24) is 10.2 Å². The molecular formula is C16H13ClN2OS. The van der Waals surface area contributed by atoms with Crippen molar-refractivity contribution in [2.24, 2.45) is 0 Å². The first-order chi connectivity index (χ1) is 10.3. The zero-order chi connectivity index (χ0) is 14.5. The molecule has 0 aliphatic heterocycles. The van der Waals surface area contributed by atoms with Crippen LogP contribution in [-0.2, 0) is 13.0 Å². The van der Waals surface area contributed by atoms with Crippen LogP contribution >= 0.6 is 22.9 Å². The third-order valence-electron chi connectivity index (χ3n) is 2.98. The first-order valence-electron chi connectivity index (χ1n) is 6.53. The lowest BCUT2D eigenvalue weighted by Gasteiger charge is -2.06. The maximum absolute atomic E-state index is 5.73. The molecule has 106 valence electrons. The summed E-state index contributed by atoms with van der Waals surface area (Å²) in [5.74, 6) is 0.818. The Bertz CT molecular complexity index is 698. The van der Waals surface area contributed by atoms with Gasteiger partial charge in [0, 0.05) is 0 Å². The van der Waals surface area contributed by atoms with Gasteiger partial charge in [-0.15, -0.1) is 10.2 Å². The van der Waals surface area contributed by atoms with Crippen LogP contribution in [0.1, 0.15) is 16.1 Å². The lowest BCUT2D eigenvalue weighted by molar-refractivity contribution is 0.304. The van der Waals surface area contributed by atoms with Crippen molar-refractivity contribution < 1.29 is 4.74 Å². The quantitative estimate of drug-likeness (QED) is 0.701. The van der Waals surface area contributed by atoms with Crippen molar-refractivity contribution in [1.29, 1.82) is 0 Å². The maximum atomic E-state index is 5.73. The normalized spacial score (nSPS) is 10.5. The molecule has 0 radical (unpaired) electrons. The van der Waals surface area contributed by atoms with E-state index in [4.69, 9.17) is 16.3 Å². The highest BCUT2D eigenvalue weighted by Gasteiger charge is 2.03. The van der Waals surface area contributed by atoms with Gasteiger partial charge in [-0.3, -0.25) is 0 Å². The number of rotatable bonds is 5. The lowest BCUT2D eigenvalue weighted by atomic mass is 10.1. The maximum Gasteiger partial charge on any atom is 0.207 e. The summed E-state index contributed by atoms with van der Waals surface area (Å²) in [6.45, 7) is 0.391. The smallest absolute Gasteiger partial charge is 0.207 e. The van der Waals surface area contributed by atoms with E-state index in [1.807, 2.05) is 18.2 Å². The van der Waals surface area contributed by atoms with Crippen LogP contribution in [0.5, 0.6) is 5.75 Å². The van der Waals surface area contributed by atoms with Gasteiger partial charge in [-0.1, -0.05) is 53.8 Å². The molecule has 0 bridgehead atoms. The zero-order valence-corrected chi connectivity index (χ0v) is 12.8. The molecule has 3 rings (SSSR count). The molecule has 0 saturated carbocycles. The molecule has 5 heteroatoms. The molecule has 0 N–H and O–H groups in total. The summed E-state index contributed by atoms with van der Waals surface area (Å²) in [6, 6.07) is 18.5. The summed E-state index contributed by atoms with van der Waals surface area (Å²) in [5.41, 5.74) is 2.56. The van der Waals surface area contributed by atoms with Gasteiger partial charge >= 0.3 is 0 Å². The van der Waals surface area contributed by atoms with Crippen molar-refractivity contribution in [2.75, 3.05) is 0 Å². The largest absolute Gasteiger partial charge is 0.486 e. The Hall–Kier alpha value is -1.91. The van der Waals surface area contributed by atoms with Crippen LogP contribution in [0.25, 0.3) is 0 Å². The number of hydrogen-bond acceptors (Lipinski definition) is 4. The van der Waals surface area contributed by atoms with Gasteiger partial charge in [0.1, 0.15) is 12.4 Å². The molecule has 0 amide bonds. The minimum Gasteiger partial charge on any atom is -0.486 e. The van der Waals surface area contributed by atoms with Crippen molar-refractivity contribution >= 4 is 22.9 Å². The Morgan fingerprint density at radius 2 is 1.62 bits per heavy atom. The summed E-state index contributed by atoms with van der Waals surface area (Å²) in [6.07, 6.45) is 0.924. The van der Waals surface area contributed by atoms with E-state index >= 15 is 0 Å². The fraction of sp³-hybridized carbons (Fsp3) is 0.125. The summed E-state index contributed by atoms with van der Waals surface area (Å²) in [7, 11) is 0. The minimum atomic E-state index is 0.391. The van der Waals surface area contributed by atoms with E-state index in [2.05, 4.69) is 46.6 Å². The van der Waals surface area contributed by atoms with E-state index in [1.54, 1.807) is 0 Å². The molecular weight excluding hydrogens is 304 g/mol. The highest BCUT2D eigenvalue weighted by Crippen LogP contribution is 2.19. The van der Waals surface area contributed by atoms with Crippen molar-refractivity contribution in [3.8, 4) is 5.75 Å². The highest BCUT2D eigenvalue weighted by atomic mass is 35.5. The number of nitrogens with zero attached hydrogens (tertiary/aromatic N) is 2. The predicted octanol–water partition coefficient (Wildman–Crippen LogP) is 4.36. The second kappa shape index (κ2) is 6.70. The zero-order valence-electron chi connectivity index (χ0n) is 11.2. The standard InChI is InChI=1S/C16H13ClN2OS/c17-16-19-18-15(21-16)11-20-14-8-6-13(7-9-14)10-12-4-2-1-3-5-12/h1-9H,10-11H2. The number of ether oxygens (including phenoxy) is 1. The molecule has 0 saturated heterocycles. The number of hydrogen-bond donors (Lipinski definition) is 0. The van der Waals surface area contributed by atoms with Gasteiger partial charge < -0.3 is 4.74 Å². The van der Waals surface area contributed by atoms with Crippen LogP contribution in [0.3, 0.4) is 0 Å². The molecule has 3 aromatic rings. The average molecular weight is 317 g/mol. The Balaban J connectivity index is 1.59. The molecule has 0 aliphatic carbocycles. The summed E-state index contributed by atoms with van der Waals surface area (Å²) in [5, 5.41) is 8.43. The van der Waals surface area contributed by atoms with Crippen molar-refractivity contribution in [3.05, 3.63) is 75.2 Å². The summed E-state index contributed by atoms with van der Waals surface area (Å²) in [4.78, 5) is 0. The van der Waals surface area contributed by atoms with Gasteiger partial charge in [0.05, 0.1) is 0 Å². The third-order valence-corrected chi connectivity index (χ3v) is 3.97. The molecule has 21 heavy (non-hydrogen) atoms. The van der Waals surface area contributed by atoms with E-state index in [-0.39, 0.29) is 0 Å². The van der Waals surface area contributed by atoms with Crippen LogP contribution < -0.4 is 4.74 Å². The predicted molar refractivity (Wildman–Crippen MR) is 84.9 cm³/mol. The Morgan fingerprint density at radius 3 is 2.29 bits per heavy atom. The van der Waals surface area contributed by atoms with Crippen LogP contribution in [0.15, 0.2) is 54.6 Å². The number of aromatic nitrogens is 2. The lowest BCUT2D eigenvalue weighted by Crippen LogP contribution is -1.95. The van der Waals surface area contributed by atoms with Gasteiger partial charge in [-0.2, -0.15) is 0 Å². The Kier molecular flexibility index (Phi) is 4.48. The minimum absolute atomic E-state index is 0.391. The first-order valence-corrected chi connectivity index (χ1v) is 7.72. The fourth-order valence-corrected chi connectivity index (χ4v) is 2.75. The van der Waals surface area contributed by atoms with Crippen LogP contribution in [0, 0.1) is 0 Å². The molecule has 0 unspecified atom stereocenters. The van der Waals surface area contributed by atoms with E-state index in [0.717, 1.165) is 17.2 Å². The topological polar surface area (TPSA) is 35.0 Å². The highest BCUT2D eigenvalue weighted by molar-refractivity contribution is 7.15. The van der Waals surface area contributed by atoms with E-state index in [1.165, 1.54) is 22.5 Å². The van der Waals surface area contributed by atoms with E-state index in [0.29, 0.717) is 11.1 Å². The second-order valence-electron chi connectivity index (χ2n) is 4.54. The number of benzene rings is 2. The van der Waals surface area contributed by atoms with Crippen molar-refractivity contribution in [2.45, 2.75) is 13.0 Å². The molecule has 0 fully saturated rings. The van der Waals surface area contributed by atoms with Crippen LogP contribution in [-0.4, -0.2) is 10.2 Å². The van der Waals surface area contributed by atoms with Gasteiger partial charge in [0.15, 0.2) is 5.01 Å². The molecule has 1 aromatic heterocycles. The first kappa shape index (κ1) is 14.0.